The molecule has 0 unspecified atom stereocenters. The number of benzene rings is 2. The lowest BCUT2D eigenvalue weighted by Gasteiger charge is -1.92. The first-order valence-electron chi connectivity index (χ1n) is 7.02. The Morgan fingerprint density at radius 2 is 1.18 bits per heavy atom. The maximum atomic E-state index is 12.9. The lowest BCUT2D eigenvalue weighted by molar-refractivity contribution is 0.686. The SMILES string of the molecule is Cc1ccc2cc(S(=O)c3cc4ccc(C)cc4s3)sc2c1. The highest BCUT2D eigenvalue weighted by Crippen LogP contribution is 2.35. The van der Waals surface area contributed by atoms with Crippen molar-refractivity contribution in [3.05, 3.63) is 59.7 Å². The molecule has 110 valence electrons. The molecule has 1 nitrogen and oxygen atoms in total. The average Bonchev–Trinajstić information content (AvgIpc) is 3.08. The molecule has 0 saturated carbocycles. The summed E-state index contributed by atoms with van der Waals surface area (Å²) in [7, 11) is -1.09. The summed E-state index contributed by atoms with van der Waals surface area (Å²) >= 11 is 3.27. The van der Waals surface area contributed by atoms with Crippen molar-refractivity contribution >= 4 is 53.6 Å². The zero-order valence-electron chi connectivity index (χ0n) is 12.3. The van der Waals surface area contributed by atoms with Gasteiger partial charge in [-0.1, -0.05) is 24.3 Å². The van der Waals surface area contributed by atoms with Gasteiger partial charge in [0, 0.05) is 9.40 Å². The van der Waals surface area contributed by atoms with Crippen LogP contribution in [0.4, 0.5) is 0 Å². The van der Waals surface area contributed by atoms with Gasteiger partial charge in [0.2, 0.25) is 0 Å². The van der Waals surface area contributed by atoms with Gasteiger partial charge < -0.3 is 0 Å². The van der Waals surface area contributed by atoms with E-state index < -0.39 is 10.8 Å². The van der Waals surface area contributed by atoms with E-state index in [0.717, 1.165) is 8.42 Å². The van der Waals surface area contributed by atoms with Crippen LogP contribution in [0.2, 0.25) is 0 Å². The van der Waals surface area contributed by atoms with Gasteiger partial charge in [0.1, 0.15) is 10.8 Å². The Bertz CT molecular complexity index is 941. The summed E-state index contributed by atoms with van der Waals surface area (Å²) in [6.45, 7) is 4.17. The van der Waals surface area contributed by atoms with E-state index in [2.05, 4.69) is 62.4 Å². The van der Waals surface area contributed by atoms with Crippen LogP contribution < -0.4 is 0 Å². The van der Waals surface area contributed by atoms with Crippen LogP contribution in [-0.4, -0.2) is 4.21 Å². The number of hydrogen-bond donors (Lipinski definition) is 0. The number of thiophene rings is 2. The van der Waals surface area contributed by atoms with E-state index in [-0.39, 0.29) is 0 Å². The Kier molecular flexibility index (Phi) is 3.40. The number of aryl methyl sites for hydroxylation is 2. The third-order valence-electron chi connectivity index (χ3n) is 3.67. The summed E-state index contributed by atoms with van der Waals surface area (Å²) in [5, 5.41) is 2.35. The number of rotatable bonds is 2. The Hall–Kier alpha value is -1.49. The maximum Gasteiger partial charge on any atom is 0.105 e. The molecule has 2 aromatic heterocycles. The van der Waals surface area contributed by atoms with Gasteiger partial charge in [-0.15, -0.1) is 22.7 Å². The van der Waals surface area contributed by atoms with E-state index in [0.29, 0.717) is 0 Å². The molecule has 4 heteroatoms. The first-order chi connectivity index (χ1) is 10.6. The smallest absolute Gasteiger partial charge is 0.105 e. The summed E-state index contributed by atoms with van der Waals surface area (Å²) < 4.78 is 17.2. The predicted octanol–water partition coefficient (Wildman–Crippen LogP) is 5.90. The fourth-order valence-corrected chi connectivity index (χ4v) is 6.80. The van der Waals surface area contributed by atoms with Crippen molar-refractivity contribution in [3.8, 4) is 0 Å². The van der Waals surface area contributed by atoms with E-state index in [4.69, 9.17) is 0 Å². The van der Waals surface area contributed by atoms with Gasteiger partial charge in [-0.3, -0.25) is 0 Å². The molecule has 0 amide bonds. The Morgan fingerprint density at radius 3 is 1.64 bits per heavy atom. The van der Waals surface area contributed by atoms with E-state index in [1.807, 2.05) is 0 Å². The molecule has 0 spiro atoms. The highest BCUT2D eigenvalue weighted by molar-refractivity contribution is 7.89. The van der Waals surface area contributed by atoms with Crippen molar-refractivity contribution in [1.82, 2.24) is 0 Å². The zero-order chi connectivity index (χ0) is 15.3. The summed E-state index contributed by atoms with van der Waals surface area (Å²) in [6, 6.07) is 16.9. The minimum atomic E-state index is -1.09. The van der Waals surface area contributed by atoms with Gasteiger partial charge in [-0.25, -0.2) is 4.21 Å². The first-order valence-corrected chi connectivity index (χ1v) is 9.81. The van der Waals surface area contributed by atoms with Crippen LogP contribution in [0.25, 0.3) is 20.2 Å². The van der Waals surface area contributed by atoms with Crippen LogP contribution in [0, 0.1) is 13.8 Å². The number of fused-ring (bicyclic) bond motifs is 2. The highest BCUT2D eigenvalue weighted by atomic mass is 32.2. The maximum absolute atomic E-state index is 12.9. The fourth-order valence-electron chi connectivity index (χ4n) is 2.51. The van der Waals surface area contributed by atoms with Crippen molar-refractivity contribution < 1.29 is 4.21 Å². The quantitative estimate of drug-likeness (QED) is 0.443. The molecule has 2 aromatic carbocycles. The van der Waals surface area contributed by atoms with Gasteiger partial charge >= 0.3 is 0 Å². The van der Waals surface area contributed by atoms with E-state index in [9.17, 15) is 4.21 Å². The molecule has 4 rings (SSSR count). The third-order valence-corrected chi connectivity index (χ3v) is 7.83. The molecule has 0 aliphatic rings. The molecule has 4 aromatic rings. The highest BCUT2D eigenvalue weighted by Gasteiger charge is 2.14. The standard InChI is InChI=1S/C18H14OS3/c1-11-3-5-13-9-17(20-15(13)7-11)22(19)18-10-14-6-4-12(2)8-16(14)21-18/h3-10H,1-2H3. The van der Waals surface area contributed by atoms with Gasteiger partial charge in [-0.2, -0.15) is 0 Å². The second-order valence-corrected chi connectivity index (χ2v) is 9.58. The van der Waals surface area contributed by atoms with Gasteiger partial charge in [0.15, 0.2) is 0 Å². The van der Waals surface area contributed by atoms with Crippen LogP contribution in [0.15, 0.2) is 56.9 Å². The molecular weight excluding hydrogens is 328 g/mol. The minimum absolute atomic E-state index is 0.934. The second kappa shape index (κ2) is 5.30. The van der Waals surface area contributed by atoms with Crippen LogP contribution in [-0.2, 0) is 10.8 Å². The minimum Gasteiger partial charge on any atom is -0.247 e. The molecule has 0 radical (unpaired) electrons. The van der Waals surface area contributed by atoms with Crippen molar-refractivity contribution in [2.45, 2.75) is 22.3 Å². The largest absolute Gasteiger partial charge is 0.247 e. The van der Waals surface area contributed by atoms with Crippen LogP contribution in [0.1, 0.15) is 11.1 Å². The monoisotopic (exact) mass is 342 g/mol. The summed E-state index contributed by atoms with van der Waals surface area (Å²) in [6.07, 6.45) is 0. The predicted molar refractivity (Wildman–Crippen MR) is 97.8 cm³/mol. The first kappa shape index (κ1) is 14.1. The Labute approximate surface area is 139 Å². The van der Waals surface area contributed by atoms with Crippen molar-refractivity contribution in [2.24, 2.45) is 0 Å². The van der Waals surface area contributed by atoms with Crippen molar-refractivity contribution in [3.63, 3.8) is 0 Å². The molecule has 0 N–H and O–H groups in total. The fraction of sp³-hybridized carbons (Fsp3) is 0.111. The molecule has 0 aliphatic carbocycles. The number of hydrogen-bond acceptors (Lipinski definition) is 3. The Balaban J connectivity index is 1.80. The average molecular weight is 343 g/mol. The lowest BCUT2D eigenvalue weighted by Crippen LogP contribution is -1.83. The molecule has 2 heterocycles. The molecule has 22 heavy (non-hydrogen) atoms. The Morgan fingerprint density at radius 1 is 0.727 bits per heavy atom. The van der Waals surface area contributed by atoms with Crippen molar-refractivity contribution in [1.29, 1.82) is 0 Å². The molecule has 0 saturated heterocycles. The van der Waals surface area contributed by atoms with Gasteiger partial charge in [-0.05, 0) is 60.0 Å². The van der Waals surface area contributed by atoms with E-state index >= 15 is 0 Å². The second-order valence-electron chi connectivity index (χ2n) is 5.48. The van der Waals surface area contributed by atoms with Crippen LogP contribution in [0.3, 0.4) is 0 Å². The molecule has 0 bridgehead atoms. The molecule has 0 aliphatic heterocycles. The summed E-state index contributed by atoms with van der Waals surface area (Å²) in [4.78, 5) is 0. The third kappa shape index (κ3) is 2.41. The normalized spacial score (nSPS) is 11.8. The van der Waals surface area contributed by atoms with Crippen LogP contribution in [0.5, 0.6) is 0 Å². The van der Waals surface area contributed by atoms with E-state index in [1.54, 1.807) is 22.7 Å². The van der Waals surface area contributed by atoms with Crippen molar-refractivity contribution in [2.75, 3.05) is 0 Å². The zero-order valence-corrected chi connectivity index (χ0v) is 14.7. The molecule has 0 atom stereocenters. The van der Waals surface area contributed by atoms with E-state index in [1.165, 1.54) is 31.3 Å². The molecular formula is C18H14OS3. The summed E-state index contributed by atoms with van der Waals surface area (Å²) in [5.41, 5.74) is 2.48. The lowest BCUT2D eigenvalue weighted by atomic mass is 10.2. The van der Waals surface area contributed by atoms with Gasteiger partial charge in [0.25, 0.3) is 0 Å². The van der Waals surface area contributed by atoms with Gasteiger partial charge in [0.05, 0.1) is 8.42 Å². The molecule has 0 fully saturated rings. The van der Waals surface area contributed by atoms with Crippen LogP contribution >= 0.6 is 22.7 Å². The summed E-state index contributed by atoms with van der Waals surface area (Å²) in [5.74, 6) is 0. The topological polar surface area (TPSA) is 17.1 Å².